The molecule has 3 rings (SSSR count). The summed E-state index contributed by atoms with van der Waals surface area (Å²) in [5, 5.41) is 4.50. The summed E-state index contributed by atoms with van der Waals surface area (Å²) in [4.78, 5) is 14.8. The summed E-state index contributed by atoms with van der Waals surface area (Å²) in [5.41, 5.74) is 10.2. The molecule has 0 unspecified atom stereocenters. The van der Waals surface area contributed by atoms with Gasteiger partial charge < -0.3 is 10.6 Å². The fraction of sp³-hybridized carbons (Fsp3) is 0.500. The maximum absolute atomic E-state index is 12.9. The van der Waals surface area contributed by atoms with Gasteiger partial charge in [-0.05, 0) is 49.9 Å². The Morgan fingerprint density at radius 2 is 2.08 bits per heavy atom. The van der Waals surface area contributed by atoms with Gasteiger partial charge in [0.25, 0.3) is 5.91 Å². The van der Waals surface area contributed by atoms with Crippen LogP contribution in [0.5, 0.6) is 0 Å². The summed E-state index contributed by atoms with van der Waals surface area (Å²) in [6.07, 6.45) is 2.20. The molecule has 0 radical (unpaired) electrons. The Bertz CT molecular complexity index is 752. The van der Waals surface area contributed by atoms with E-state index in [4.69, 9.17) is 5.73 Å². The fourth-order valence-electron chi connectivity index (χ4n) is 3.73. The highest BCUT2D eigenvalue weighted by molar-refractivity contribution is 5.94. The average Bonchev–Trinajstić information content (AvgIpc) is 3.10. The van der Waals surface area contributed by atoms with Crippen molar-refractivity contribution in [3.05, 3.63) is 52.8 Å². The highest BCUT2D eigenvalue weighted by atomic mass is 16.2. The van der Waals surface area contributed by atoms with Crippen LogP contribution in [0.4, 0.5) is 0 Å². The first-order valence-corrected chi connectivity index (χ1v) is 9.12. The Morgan fingerprint density at radius 1 is 1.28 bits per heavy atom. The number of carbonyl (C=O) groups is 1. The van der Waals surface area contributed by atoms with E-state index < -0.39 is 0 Å². The van der Waals surface area contributed by atoms with Crippen LogP contribution in [-0.4, -0.2) is 39.7 Å². The number of nitrogens with two attached hydrogens (primary N) is 1. The van der Waals surface area contributed by atoms with Crippen LogP contribution in [-0.2, 0) is 6.54 Å². The van der Waals surface area contributed by atoms with E-state index in [0.29, 0.717) is 19.0 Å². The Morgan fingerprint density at radius 3 is 2.76 bits per heavy atom. The molecule has 1 fully saturated rings. The van der Waals surface area contributed by atoms with Crippen molar-refractivity contribution in [2.75, 3.05) is 13.1 Å². The van der Waals surface area contributed by atoms with E-state index in [1.807, 2.05) is 40.8 Å². The maximum Gasteiger partial charge on any atom is 0.253 e. The van der Waals surface area contributed by atoms with Crippen molar-refractivity contribution >= 4 is 5.91 Å². The molecule has 1 saturated heterocycles. The number of carbonyl (C=O) groups excluding carboxylic acids is 1. The first-order chi connectivity index (χ1) is 12.0. The summed E-state index contributed by atoms with van der Waals surface area (Å²) in [6, 6.07) is 10.0. The zero-order valence-electron chi connectivity index (χ0n) is 15.4. The third-order valence-electron chi connectivity index (χ3n) is 5.05. The number of benzene rings is 1. The molecule has 0 saturated carbocycles. The zero-order valence-corrected chi connectivity index (χ0v) is 15.4. The number of hydrogen-bond donors (Lipinski definition) is 1. The van der Waals surface area contributed by atoms with Gasteiger partial charge in [-0.3, -0.25) is 9.48 Å². The highest BCUT2D eigenvalue weighted by Gasteiger charge is 2.32. The van der Waals surface area contributed by atoms with Crippen molar-refractivity contribution in [3.8, 4) is 0 Å². The van der Waals surface area contributed by atoms with Crippen molar-refractivity contribution in [3.63, 3.8) is 0 Å². The van der Waals surface area contributed by atoms with Crippen molar-refractivity contribution in [2.45, 2.75) is 46.2 Å². The van der Waals surface area contributed by atoms with Gasteiger partial charge in [-0.25, -0.2) is 0 Å². The minimum atomic E-state index is 0.0873. The van der Waals surface area contributed by atoms with Gasteiger partial charge in [0.1, 0.15) is 0 Å². The summed E-state index contributed by atoms with van der Waals surface area (Å²) < 4.78 is 1.97. The maximum atomic E-state index is 12.9. The molecular weight excluding hydrogens is 312 g/mol. The minimum Gasteiger partial charge on any atom is -0.337 e. The Hall–Kier alpha value is -2.14. The number of aryl methyl sites for hydroxylation is 2. The number of likely N-dealkylation sites (tertiary alicyclic amines) is 1. The Balaban J connectivity index is 1.73. The van der Waals surface area contributed by atoms with E-state index in [9.17, 15) is 4.79 Å². The molecule has 1 aromatic heterocycles. The molecule has 0 aliphatic carbocycles. The normalized spacial score (nSPS) is 20.2. The van der Waals surface area contributed by atoms with Crippen molar-refractivity contribution in [1.82, 2.24) is 14.7 Å². The molecule has 0 spiro atoms. The van der Waals surface area contributed by atoms with E-state index in [-0.39, 0.29) is 11.9 Å². The van der Waals surface area contributed by atoms with Crippen LogP contribution in [0.25, 0.3) is 0 Å². The lowest BCUT2D eigenvalue weighted by molar-refractivity contribution is 0.0785. The van der Waals surface area contributed by atoms with Gasteiger partial charge >= 0.3 is 0 Å². The van der Waals surface area contributed by atoms with E-state index in [1.54, 1.807) is 0 Å². The molecule has 5 heteroatoms. The second-order valence-corrected chi connectivity index (χ2v) is 7.21. The topological polar surface area (TPSA) is 64.2 Å². The number of rotatable bonds is 5. The molecule has 1 aliphatic heterocycles. The first-order valence-electron chi connectivity index (χ1n) is 9.12. The standard InChI is InChI=1S/C20H28N4O/c1-4-6-18-12-23(13-19(18)21)20(25)17-8-5-7-16(10-17)11-24-15(3)9-14(2)22-24/h5,7-10,18-19H,4,6,11-13,21H2,1-3H3/t18-,19-/m0/s1. The van der Waals surface area contributed by atoms with Gasteiger partial charge in [-0.1, -0.05) is 25.5 Å². The van der Waals surface area contributed by atoms with Crippen molar-refractivity contribution in [1.29, 1.82) is 0 Å². The molecule has 2 aromatic rings. The number of hydrogen-bond acceptors (Lipinski definition) is 3. The average molecular weight is 340 g/mol. The summed E-state index contributed by atoms with van der Waals surface area (Å²) in [7, 11) is 0. The lowest BCUT2D eigenvalue weighted by Crippen LogP contribution is -2.32. The van der Waals surface area contributed by atoms with Crippen LogP contribution in [0.2, 0.25) is 0 Å². The van der Waals surface area contributed by atoms with E-state index in [0.717, 1.165) is 41.9 Å². The van der Waals surface area contributed by atoms with Gasteiger partial charge in [0.15, 0.2) is 0 Å². The lowest BCUT2D eigenvalue weighted by atomic mass is 9.99. The summed E-state index contributed by atoms with van der Waals surface area (Å²) >= 11 is 0. The second-order valence-electron chi connectivity index (χ2n) is 7.21. The van der Waals surface area contributed by atoms with Gasteiger partial charge in [0.05, 0.1) is 12.2 Å². The molecular formula is C20H28N4O. The fourth-order valence-corrected chi connectivity index (χ4v) is 3.73. The molecule has 1 aliphatic rings. The molecule has 1 amide bonds. The smallest absolute Gasteiger partial charge is 0.253 e. The molecule has 134 valence electrons. The second kappa shape index (κ2) is 7.40. The highest BCUT2D eigenvalue weighted by Crippen LogP contribution is 2.22. The lowest BCUT2D eigenvalue weighted by Gasteiger charge is -2.17. The van der Waals surface area contributed by atoms with Crippen LogP contribution < -0.4 is 5.73 Å². The van der Waals surface area contributed by atoms with Crippen LogP contribution in [0.15, 0.2) is 30.3 Å². The van der Waals surface area contributed by atoms with Crippen LogP contribution in [0.3, 0.4) is 0 Å². The van der Waals surface area contributed by atoms with Crippen LogP contribution in [0.1, 0.15) is 47.1 Å². The van der Waals surface area contributed by atoms with Crippen LogP contribution in [0, 0.1) is 19.8 Å². The predicted octanol–water partition coefficient (Wildman–Crippen LogP) is 2.75. The molecule has 5 nitrogen and oxygen atoms in total. The Labute approximate surface area is 149 Å². The largest absolute Gasteiger partial charge is 0.337 e. The number of aromatic nitrogens is 2. The number of amides is 1. The van der Waals surface area contributed by atoms with E-state index in [1.165, 1.54) is 0 Å². The van der Waals surface area contributed by atoms with Gasteiger partial charge in [-0.2, -0.15) is 5.10 Å². The first kappa shape index (κ1) is 17.7. The van der Waals surface area contributed by atoms with E-state index in [2.05, 4.69) is 25.0 Å². The monoisotopic (exact) mass is 340 g/mol. The molecule has 2 heterocycles. The van der Waals surface area contributed by atoms with Gasteiger partial charge in [-0.15, -0.1) is 0 Å². The van der Waals surface area contributed by atoms with Crippen molar-refractivity contribution < 1.29 is 4.79 Å². The quantitative estimate of drug-likeness (QED) is 0.910. The predicted molar refractivity (Wildman–Crippen MR) is 99.5 cm³/mol. The van der Waals surface area contributed by atoms with Crippen molar-refractivity contribution in [2.24, 2.45) is 11.7 Å². The molecule has 2 N–H and O–H groups in total. The van der Waals surface area contributed by atoms with Gasteiger partial charge in [0, 0.05) is 30.4 Å². The SMILES string of the molecule is CCC[C@H]1CN(C(=O)c2cccc(Cn3nc(C)cc3C)c2)C[C@@H]1N. The third kappa shape index (κ3) is 3.93. The summed E-state index contributed by atoms with van der Waals surface area (Å²) in [6.45, 7) is 8.32. The molecule has 2 atom stereocenters. The molecule has 25 heavy (non-hydrogen) atoms. The molecule has 0 bridgehead atoms. The molecule has 1 aromatic carbocycles. The van der Waals surface area contributed by atoms with Crippen LogP contribution >= 0.6 is 0 Å². The number of nitrogens with zero attached hydrogens (tertiary/aromatic N) is 3. The van der Waals surface area contributed by atoms with Gasteiger partial charge in [0.2, 0.25) is 0 Å². The third-order valence-corrected chi connectivity index (χ3v) is 5.05. The minimum absolute atomic E-state index is 0.0873. The Kier molecular flexibility index (Phi) is 5.23. The zero-order chi connectivity index (χ0) is 18.0. The summed E-state index contributed by atoms with van der Waals surface area (Å²) in [5.74, 6) is 0.510. The van der Waals surface area contributed by atoms with E-state index >= 15 is 0 Å².